The Morgan fingerprint density at radius 1 is 1.19 bits per heavy atom. The van der Waals surface area contributed by atoms with Crippen molar-refractivity contribution >= 4 is 23.3 Å². The van der Waals surface area contributed by atoms with Gasteiger partial charge in [0, 0.05) is 12.0 Å². The maximum absolute atomic E-state index is 12.0. The number of hydrogen-bond donors (Lipinski definition) is 2. The van der Waals surface area contributed by atoms with Gasteiger partial charge in [0.15, 0.2) is 0 Å². The van der Waals surface area contributed by atoms with Gasteiger partial charge in [-0.3, -0.25) is 19.7 Å². The fourth-order valence-corrected chi connectivity index (χ4v) is 1.74. The minimum absolute atomic E-state index is 0.0811. The molecule has 0 saturated heterocycles. The summed E-state index contributed by atoms with van der Waals surface area (Å²) < 4.78 is 0. The van der Waals surface area contributed by atoms with Gasteiger partial charge in [0.2, 0.25) is 5.91 Å². The molecule has 7 nitrogen and oxygen atoms in total. The molecule has 1 rings (SSSR count). The van der Waals surface area contributed by atoms with Crippen molar-refractivity contribution in [3.63, 3.8) is 0 Å². The van der Waals surface area contributed by atoms with Gasteiger partial charge in [-0.25, -0.2) is 0 Å². The van der Waals surface area contributed by atoms with E-state index in [0.29, 0.717) is 0 Å². The molecule has 1 aromatic rings. The quantitative estimate of drug-likeness (QED) is 0.640. The van der Waals surface area contributed by atoms with Crippen LogP contribution in [0.3, 0.4) is 0 Å². The molecule has 2 atom stereocenters. The molecule has 2 unspecified atom stereocenters. The van der Waals surface area contributed by atoms with E-state index >= 15 is 0 Å². The number of nitro benzene ring substituents is 1. The Balaban J connectivity index is 3.07. The van der Waals surface area contributed by atoms with Gasteiger partial charge in [-0.2, -0.15) is 0 Å². The van der Waals surface area contributed by atoms with Crippen LogP contribution in [0.15, 0.2) is 12.1 Å². The number of anilines is 1. The fraction of sp³-hybridized carbons (Fsp3) is 0.429. The van der Waals surface area contributed by atoms with Gasteiger partial charge in [-0.05, 0) is 31.0 Å². The lowest BCUT2D eigenvalue weighted by molar-refractivity contribution is -0.384. The standard InChI is InChI=1S/C14H18N2O5/c1-7-5-11(12(16(20)21)6-8(7)2)15-13(17)9(3)10(4)14(18)19/h5-6,9-10H,1-4H3,(H,15,17)(H,18,19). The lowest BCUT2D eigenvalue weighted by Gasteiger charge is -2.16. The van der Waals surface area contributed by atoms with Gasteiger partial charge in [-0.15, -0.1) is 0 Å². The van der Waals surface area contributed by atoms with Gasteiger partial charge >= 0.3 is 5.97 Å². The summed E-state index contributed by atoms with van der Waals surface area (Å²) in [6.45, 7) is 6.41. The number of nitrogens with zero attached hydrogens (tertiary/aromatic N) is 1. The van der Waals surface area contributed by atoms with E-state index in [1.807, 2.05) is 0 Å². The Bertz CT molecular complexity index is 597. The highest BCUT2D eigenvalue weighted by atomic mass is 16.6. The van der Waals surface area contributed by atoms with Gasteiger partial charge in [0.1, 0.15) is 5.69 Å². The smallest absolute Gasteiger partial charge is 0.307 e. The average molecular weight is 294 g/mol. The van der Waals surface area contributed by atoms with E-state index in [4.69, 9.17) is 5.11 Å². The first-order chi connectivity index (χ1) is 9.65. The second kappa shape index (κ2) is 6.34. The number of aryl methyl sites for hydroxylation is 2. The lowest BCUT2D eigenvalue weighted by atomic mass is 9.95. The third-order valence-electron chi connectivity index (χ3n) is 3.62. The Hall–Kier alpha value is -2.44. The van der Waals surface area contributed by atoms with Crippen LogP contribution in [0.4, 0.5) is 11.4 Å². The van der Waals surface area contributed by atoms with Crippen LogP contribution in [0.1, 0.15) is 25.0 Å². The largest absolute Gasteiger partial charge is 0.481 e. The van der Waals surface area contributed by atoms with E-state index < -0.39 is 28.6 Å². The van der Waals surface area contributed by atoms with Crippen LogP contribution in [0.5, 0.6) is 0 Å². The molecular formula is C14H18N2O5. The molecule has 0 fully saturated rings. The van der Waals surface area contributed by atoms with Crippen molar-refractivity contribution in [2.45, 2.75) is 27.7 Å². The second-order valence-corrected chi connectivity index (χ2v) is 5.12. The molecule has 2 N–H and O–H groups in total. The summed E-state index contributed by atoms with van der Waals surface area (Å²) in [6, 6.07) is 2.90. The van der Waals surface area contributed by atoms with Crippen LogP contribution >= 0.6 is 0 Å². The lowest BCUT2D eigenvalue weighted by Crippen LogP contribution is -2.30. The number of hydrogen-bond acceptors (Lipinski definition) is 4. The monoisotopic (exact) mass is 294 g/mol. The zero-order valence-electron chi connectivity index (χ0n) is 12.3. The zero-order valence-corrected chi connectivity index (χ0v) is 12.3. The molecule has 0 radical (unpaired) electrons. The van der Waals surface area contributed by atoms with Crippen molar-refractivity contribution in [2.24, 2.45) is 11.8 Å². The third-order valence-corrected chi connectivity index (χ3v) is 3.62. The normalized spacial score (nSPS) is 13.3. The second-order valence-electron chi connectivity index (χ2n) is 5.12. The van der Waals surface area contributed by atoms with Crippen molar-refractivity contribution in [3.8, 4) is 0 Å². The van der Waals surface area contributed by atoms with Crippen molar-refractivity contribution in [1.29, 1.82) is 0 Å². The number of carboxylic acid groups (broad SMARTS) is 1. The fourth-order valence-electron chi connectivity index (χ4n) is 1.74. The molecule has 0 aliphatic heterocycles. The van der Waals surface area contributed by atoms with Crippen LogP contribution in [0, 0.1) is 35.8 Å². The minimum Gasteiger partial charge on any atom is -0.481 e. The summed E-state index contributed by atoms with van der Waals surface area (Å²) in [7, 11) is 0. The van der Waals surface area contributed by atoms with E-state index in [2.05, 4.69) is 5.32 Å². The molecule has 21 heavy (non-hydrogen) atoms. The first kappa shape index (κ1) is 16.6. The molecule has 0 aliphatic carbocycles. The summed E-state index contributed by atoms with van der Waals surface area (Å²) >= 11 is 0. The maximum atomic E-state index is 12.0. The topological polar surface area (TPSA) is 110 Å². The number of carboxylic acids is 1. The molecule has 0 aliphatic rings. The molecule has 0 heterocycles. The molecule has 114 valence electrons. The van der Waals surface area contributed by atoms with E-state index in [0.717, 1.165) is 11.1 Å². The average Bonchev–Trinajstić information content (AvgIpc) is 2.40. The van der Waals surface area contributed by atoms with Crippen molar-refractivity contribution in [3.05, 3.63) is 33.4 Å². The Kier molecular flexibility index (Phi) is 5.02. The molecular weight excluding hydrogens is 276 g/mol. The van der Waals surface area contributed by atoms with Gasteiger partial charge in [0.05, 0.1) is 10.8 Å². The number of rotatable bonds is 5. The number of benzene rings is 1. The van der Waals surface area contributed by atoms with Crippen LogP contribution in [-0.4, -0.2) is 21.9 Å². The Labute approximate surface area is 122 Å². The first-order valence-corrected chi connectivity index (χ1v) is 6.44. The number of aliphatic carboxylic acids is 1. The zero-order chi connectivity index (χ0) is 16.3. The van der Waals surface area contributed by atoms with E-state index in [1.165, 1.54) is 26.0 Å². The number of nitro groups is 1. The van der Waals surface area contributed by atoms with Crippen LogP contribution in [0.25, 0.3) is 0 Å². The summed E-state index contributed by atoms with van der Waals surface area (Å²) in [6.07, 6.45) is 0. The van der Waals surface area contributed by atoms with Crippen molar-refractivity contribution in [2.75, 3.05) is 5.32 Å². The molecule has 0 spiro atoms. The molecule has 0 saturated carbocycles. The SMILES string of the molecule is Cc1cc(NC(=O)C(C)C(C)C(=O)O)c([N+](=O)[O-])cc1C. The number of amides is 1. The van der Waals surface area contributed by atoms with E-state index in [1.54, 1.807) is 13.8 Å². The van der Waals surface area contributed by atoms with Gasteiger partial charge < -0.3 is 10.4 Å². The van der Waals surface area contributed by atoms with Crippen LogP contribution in [0.2, 0.25) is 0 Å². The van der Waals surface area contributed by atoms with Crippen molar-refractivity contribution in [1.82, 2.24) is 0 Å². The van der Waals surface area contributed by atoms with E-state index in [9.17, 15) is 19.7 Å². The van der Waals surface area contributed by atoms with Crippen LogP contribution < -0.4 is 5.32 Å². The Morgan fingerprint density at radius 3 is 2.19 bits per heavy atom. The highest BCUT2D eigenvalue weighted by Gasteiger charge is 2.27. The molecule has 1 amide bonds. The summed E-state index contributed by atoms with van der Waals surface area (Å²) in [5, 5.41) is 22.4. The third kappa shape index (κ3) is 3.77. The van der Waals surface area contributed by atoms with Gasteiger partial charge in [0.25, 0.3) is 5.69 Å². The van der Waals surface area contributed by atoms with Gasteiger partial charge in [-0.1, -0.05) is 13.8 Å². The van der Waals surface area contributed by atoms with Crippen molar-refractivity contribution < 1.29 is 19.6 Å². The highest BCUT2D eigenvalue weighted by Crippen LogP contribution is 2.28. The molecule has 0 aromatic heterocycles. The number of carbonyl (C=O) groups excluding carboxylic acids is 1. The molecule has 1 aromatic carbocycles. The highest BCUT2D eigenvalue weighted by molar-refractivity contribution is 5.96. The maximum Gasteiger partial charge on any atom is 0.307 e. The predicted molar refractivity (Wildman–Crippen MR) is 77.2 cm³/mol. The molecule has 0 bridgehead atoms. The summed E-state index contributed by atoms with van der Waals surface area (Å²) in [5.74, 6) is -3.33. The summed E-state index contributed by atoms with van der Waals surface area (Å²) in [5.41, 5.74) is 1.42. The predicted octanol–water partition coefficient (Wildman–Crippen LogP) is 2.51. The first-order valence-electron chi connectivity index (χ1n) is 6.44. The minimum atomic E-state index is -1.09. The summed E-state index contributed by atoms with van der Waals surface area (Å²) in [4.78, 5) is 33.4. The number of carbonyl (C=O) groups is 2. The Morgan fingerprint density at radius 2 is 1.71 bits per heavy atom. The molecule has 7 heteroatoms. The number of nitrogens with one attached hydrogen (secondary N) is 1. The van der Waals surface area contributed by atoms with Crippen LogP contribution in [-0.2, 0) is 9.59 Å². The van der Waals surface area contributed by atoms with E-state index in [-0.39, 0.29) is 11.4 Å².